The van der Waals surface area contributed by atoms with Crippen molar-refractivity contribution in [3.8, 4) is 16.9 Å². The first-order valence-electron chi connectivity index (χ1n) is 7.87. The Bertz CT molecular complexity index is 879. The number of hydrogen-bond acceptors (Lipinski definition) is 3. The Hall–Kier alpha value is -2.24. The number of nitrogens with zero attached hydrogens (tertiary/aromatic N) is 2. The second kappa shape index (κ2) is 7.76. The minimum atomic E-state index is -0.256. The Morgan fingerprint density at radius 3 is 2.64 bits per heavy atom. The van der Waals surface area contributed by atoms with Crippen LogP contribution in [-0.2, 0) is 4.79 Å². The van der Waals surface area contributed by atoms with Crippen LogP contribution in [-0.4, -0.2) is 27.8 Å². The second-order valence-electron chi connectivity index (χ2n) is 5.48. The van der Waals surface area contributed by atoms with E-state index in [4.69, 9.17) is 11.6 Å². The van der Waals surface area contributed by atoms with E-state index in [1.807, 2.05) is 72.3 Å². The number of aromatic nitrogens is 2. The molecule has 1 unspecified atom stereocenters. The summed E-state index contributed by atoms with van der Waals surface area (Å²) in [5.74, 6) is -0.0353. The topological polar surface area (TPSA) is 46.9 Å². The number of rotatable bonds is 5. The highest BCUT2D eigenvalue weighted by Gasteiger charge is 2.20. The fourth-order valence-corrected chi connectivity index (χ4v) is 3.66. The third kappa shape index (κ3) is 3.89. The highest BCUT2D eigenvalue weighted by molar-refractivity contribution is 8.00. The van der Waals surface area contributed by atoms with Gasteiger partial charge in [-0.05, 0) is 25.1 Å². The quantitative estimate of drug-likeness (QED) is 0.675. The monoisotopic (exact) mass is 371 g/mol. The van der Waals surface area contributed by atoms with E-state index in [0.717, 1.165) is 22.1 Å². The number of amides is 1. The molecule has 1 amide bonds. The molecule has 0 saturated heterocycles. The number of nitrogens with one attached hydrogen (secondary N) is 1. The number of carbonyl (C=O) groups is 1. The van der Waals surface area contributed by atoms with Crippen LogP contribution in [0.1, 0.15) is 6.92 Å². The van der Waals surface area contributed by atoms with Crippen molar-refractivity contribution in [3.05, 3.63) is 65.8 Å². The Kier molecular flexibility index (Phi) is 5.46. The lowest BCUT2D eigenvalue weighted by Gasteiger charge is -2.14. The molecule has 0 spiro atoms. The Balaban J connectivity index is 2.10. The van der Waals surface area contributed by atoms with E-state index in [-0.39, 0.29) is 11.2 Å². The summed E-state index contributed by atoms with van der Waals surface area (Å²) in [6, 6.07) is 17.7. The van der Waals surface area contributed by atoms with Gasteiger partial charge in [0.1, 0.15) is 0 Å². The zero-order valence-electron chi connectivity index (χ0n) is 13.9. The van der Waals surface area contributed by atoms with E-state index >= 15 is 0 Å². The first-order valence-corrected chi connectivity index (χ1v) is 9.13. The van der Waals surface area contributed by atoms with Crippen molar-refractivity contribution in [1.82, 2.24) is 14.9 Å². The van der Waals surface area contributed by atoms with Gasteiger partial charge in [0.25, 0.3) is 0 Å². The van der Waals surface area contributed by atoms with Gasteiger partial charge in [0.2, 0.25) is 5.91 Å². The van der Waals surface area contributed by atoms with Crippen LogP contribution in [0.2, 0.25) is 5.02 Å². The molecule has 0 aliphatic carbocycles. The third-order valence-corrected chi connectivity index (χ3v) is 5.06. The van der Waals surface area contributed by atoms with Crippen LogP contribution in [0.5, 0.6) is 0 Å². The summed E-state index contributed by atoms with van der Waals surface area (Å²) in [7, 11) is 1.64. The van der Waals surface area contributed by atoms with Crippen LogP contribution in [0, 0.1) is 0 Å². The normalized spacial score (nSPS) is 12.0. The smallest absolute Gasteiger partial charge is 0.233 e. The molecule has 1 heterocycles. The standard InChI is InChI=1S/C19H18ClN3OS/c1-13(18(24)21-2)25-19-22-12-17(14-7-4-3-5-8-14)23(19)16-10-6-9-15(20)11-16/h3-13H,1-2H3,(H,21,24). The lowest BCUT2D eigenvalue weighted by atomic mass is 10.1. The number of benzene rings is 2. The highest BCUT2D eigenvalue weighted by atomic mass is 35.5. The van der Waals surface area contributed by atoms with Gasteiger partial charge in [-0.15, -0.1) is 0 Å². The van der Waals surface area contributed by atoms with Crippen LogP contribution < -0.4 is 5.32 Å². The highest BCUT2D eigenvalue weighted by Crippen LogP contribution is 2.32. The van der Waals surface area contributed by atoms with Gasteiger partial charge < -0.3 is 5.32 Å². The molecular formula is C19H18ClN3OS. The predicted molar refractivity (Wildman–Crippen MR) is 103 cm³/mol. The maximum Gasteiger partial charge on any atom is 0.233 e. The zero-order valence-corrected chi connectivity index (χ0v) is 15.5. The number of imidazole rings is 1. The van der Waals surface area contributed by atoms with Crippen LogP contribution in [0.25, 0.3) is 16.9 Å². The minimum Gasteiger partial charge on any atom is -0.358 e. The van der Waals surface area contributed by atoms with Crippen molar-refractivity contribution < 1.29 is 4.79 Å². The molecule has 0 aliphatic rings. The van der Waals surface area contributed by atoms with Crippen LogP contribution in [0.3, 0.4) is 0 Å². The maximum atomic E-state index is 11.9. The molecule has 0 bridgehead atoms. The van der Waals surface area contributed by atoms with Crippen molar-refractivity contribution in [3.63, 3.8) is 0 Å². The van der Waals surface area contributed by atoms with Gasteiger partial charge in [-0.3, -0.25) is 9.36 Å². The van der Waals surface area contributed by atoms with Gasteiger partial charge in [0.15, 0.2) is 5.16 Å². The summed E-state index contributed by atoms with van der Waals surface area (Å²) in [6.07, 6.45) is 1.83. The first kappa shape index (κ1) is 17.6. The van der Waals surface area contributed by atoms with Gasteiger partial charge in [-0.25, -0.2) is 4.98 Å². The average molecular weight is 372 g/mol. The van der Waals surface area contributed by atoms with Crippen molar-refractivity contribution in [2.75, 3.05) is 7.05 Å². The largest absolute Gasteiger partial charge is 0.358 e. The van der Waals surface area contributed by atoms with E-state index in [1.54, 1.807) is 7.05 Å². The van der Waals surface area contributed by atoms with Crippen molar-refractivity contribution in [1.29, 1.82) is 0 Å². The summed E-state index contributed by atoms with van der Waals surface area (Å²) >= 11 is 7.60. The fraction of sp³-hybridized carbons (Fsp3) is 0.158. The molecule has 1 N–H and O–H groups in total. The molecule has 0 saturated carbocycles. The van der Waals surface area contributed by atoms with E-state index in [0.29, 0.717) is 5.02 Å². The maximum absolute atomic E-state index is 11.9. The van der Waals surface area contributed by atoms with E-state index in [2.05, 4.69) is 10.3 Å². The molecule has 4 nitrogen and oxygen atoms in total. The van der Waals surface area contributed by atoms with Crippen molar-refractivity contribution >= 4 is 29.3 Å². The molecule has 3 aromatic rings. The third-order valence-electron chi connectivity index (χ3n) is 3.76. The van der Waals surface area contributed by atoms with Crippen LogP contribution in [0.4, 0.5) is 0 Å². The van der Waals surface area contributed by atoms with Crippen molar-refractivity contribution in [2.45, 2.75) is 17.3 Å². The molecule has 1 atom stereocenters. The summed E-state index contributed by atoms with van der Waals surface area (Å²) in [6.45, 7) is 1.86. The molecule has 6 heteroatoms. The molecule has 128 valence electrons. The summed E-state index contributed by atoms with van der Waals surface area (Å²) in [5, 5.41) is 3.82. The van der Waals surface area contributed by atoms with Gasteiger partial charge in [0.05, 0.1) is 17.1 Å². The van der Waals surface area contributed by atoms with Gasteiger partial charge in [-0.2, -0.15) is 0 Å². The zero-order chi connectivity index (χ0) is 17.8. The summed E-state index contributed by atoms with van der Waals surface area (Å²) in [5.41, 5.74) is 2.92. The number of halogens is 1. The van der Waals surface area contributed by atoms with Crippen molar-refractivity contribution in [2.24, 2.45) is 0 Å². The van der Waals surface area contributed by atoms with Crippen LogP contribution >= 0.6 is 23.4 Å². The lowest BCUT2D eigenvalue weighted by molar-refractivity contribution is -0.119. The fourth-order valence-electron chi connectivity index (χ4n) is 2.51. The Labute approximate surface area is 156 Å². The molecule has 3 rings (SSSR count). The Morgan fingerprint density at radius 1 is 1.20 bits per heavy atom. The molecule has 0 fully saturated rings. The average Bonchev–Trinajstić information content (AvgIpc) is 3.05. The minimum absolute atomic E-state index is 0.0353. The molecule has 0 aliphatic heterocycles. The van der Waals surface area contributed by atoms with E-state index in [1.165, 1.54) is 11.8 Å². The van der Waals surface area contributed by atoms with Crippen LogP contribution in [0.15, 0.2) is 66.0 Å². The second-order valence-corrected chi connectivity index (χ2v) is 7.23. The number of carbonyl (C=O) groups excluding carboxylic acids is 1. The van der Waals surface area contributed by atoms with Gasteiger partial charge in [-0.1, -0.05) is 59.8 Å². The number of hydrogen-bond donors (Lipinski definition) is 1. The summed E-state index contributed by atoms with van der Waals surface area (Å²) in [4.78, 5) is 16.5. The molecular weight excluding hydrogens is 354 g/mol. The molecule has 0 radical (unpaired) electrons. The predicted octanol–water partition coefficient (Wildman–Crippen LogP) is 4.42. The first-order chi connectivity index (χ1) is 12.1. The van der Waals surface area contributed by atoms with E-state index < -0.39 is 0 Å². The lowest BCUT2D eigenvalue weighted by Crippen LogP contribution is -2.27. The SMILES string of the molecule is CNC(=O)C(C)Sc1ncc(-c2ccccc2)n1-c1cccc(Cl)c1. The van der Waals surface area contributed by atoms with Gasteiger partial charge in [0, 0.05) is 23.3 Å². The molecule has 2 aromatic carbocycles. The summed E-state index contributed by atoms with van der Waals surface area (Å²) < 4.78 is 2.03. The number of thioether (sulfide) groups is 1. The molecule has 25 heavy (non-hydrogen) atoms. The Morgan fingerprint density at radius 2 is 1.96 bits per heavy atom. The van der Waals surface area contributed by atoms with E-state index in [9.17, 15) is 4.79 Å². The molecule has 1 aromatic heterocycles. The van der Waals surface area contributed by atoms with Gasteiger partial charge >= 0.3 is 0 Å².